The predicted octanol–water partition coefficient (Wildman–Crippen LogP) is 12.8. The predicted molar refractivity (Wildman–Crippen MR) is 240 cm³/mol. The number of phosphoric ester groups is 1. The van der Waals surface area contributed by atoms with Crippen LogP contribution in [0.2, 0.25) is 0 Å². The van der Waals surface area contributed by atoms with Crippen LogP contribution in [0.15, 0.2) is 48.6 Å². The lowest BCUT2D eigenvalue weighted by Crippen LogP contribution is -2.37. The molecular formula is C48H88NO8P. The number of unbranched alkanes of at least 4 members (excludes halogenated alkanes) is 20. The summed E-state index contributed by atoms with van der Waals surface area (Å²) >= 11 is 0. The van der Waals surface area contributed by atoms with Crippen molar-refractivity contribution in [2.24, 2.45) is 0 Å². The minimum absolute atomic E-state index is 0.0385. The van der Waals surface area contributed by atoms with Gasteiger partial charge in [0.25, 0.3) is 7.82 Å². The van der Waals surface area contributed by atoms with Crippen LogP contribution >= 0.6 is 7.82 Å². The molecule has 58 heavy (non-hydrogen) atoms. The molecule has 0 aromatic carbocycles. The van der Waals surface area contributed by atoms with E-state index in [1.807, 2.05) is 21.1 Å². The van der Waals surface area contributed by atoms with Gasteiger partial charge in [0.2, 0.25) is 0 Å². The summed E-state index contributed by atoms with van der Waals surface area (Å²) in [5.41, 5.74) is 0. The van der Waals surface area contributed by atoms with E-state index in [1.165, 1.54) is 96.3 Å². The van der Waals surface area contributed by atoms with E-state index in [0.29, 0.717) is 17.4 Å². The Balaban J connectivity index is 4.36. The van der Waals surface area contributed by atoms with Crippen molar-refractivity contribution in [3.05, 3.63) is 48.6 Å². The Morgan fingerprint density at radius 1 is 0.534 bits per heavy atom. The molecule has 0 radical (unpaired) electrons. The fourth-order valence-corrected chi connectivity index (χ4v) is 6.85. The topological polar surface area (TPSA) is 111 Å². The maximum absolute atomic E-state index is 12.7. The third kappa shape index (κ3) is 43.5. The zero-order valence-corrected chi connectivity index (χ0v) is 38.9. The van der Waals surface area contributed by atoms with Gasteiger partial charge in [0.1, 0.15) is 19.8 Å². The number of carbonyl (C=O) groups excluding carboxylic acids is 2. The molecule has 0 aromatic rings. The van der Waals surface area contributed by atoms with E-state index in [4.69, 9.17) is 18.5 Å². The second-order valence-electron chi connectivity index (χ2n) is 16.8. The van der Waals surface area contributed by atoms with Gasteiger partial charge < -0.3 is 27.9 Å². The number of esters is 2. The second kappa shape index (κ2) is 40.4. The van der Waals surface area contributed by atoms with Crippen molar-refractivity contribution < 1.29 is 42.1 Å². The molecule has 0 rings (SSSR count). The van der Waals surface area contributed by atoms with Gasteiger partial charge >= 0.3 is 11.9 Å². The molecule has 0 aliphatic heterocycles. The van der Waals surface area contributed by atoms with E-state index >= 15 is 0 Å². The standard InChI is InChI=1S/C48H88NO8P/c1-6-8-10-12-14-16-18-20-22-23-24-25-27-28-30-32-34-36-38-40-47(50)54-44-46(45-56-58(52,53)55-43-42-49(3,4)5)57-48(51)41-39-37-35-33-31-29-26-21-19-17-15-13-11-9-7-2/h14,16,20-22,26,31,33,46H,6-13,15,17-19,23-25,27-30,32,34-45H2,1-5H3/b16-14+,22-20+,26-21+,33-31+/t46-/m1/s1. The Kier molecular flexibility index (Phi) is 39.0. The fraction of sp³-hybridized carbons (Fsp3) is 0.792. The van der Waals surface area contributed by atoms with Crippen LogP contribution in [0, 0.1) is 0 Å². The molecule has 0 bridgehead atoms. The van der Waals surface area contributed by atoms with Crippen LogP contribution < -0.4 is 4.89 Å². The number of quaternary nitrogens is 1. The van der Waals surface area contributed by atoms with Crippen LogP contribution in [-0.2, 0) is 32.7 Å². The summed E-state index contributed by atoms with van der Waals surface area (Å²) in [6, 6.07) is 0. The van der Waals surface area contributed by atoms with Crippen molar-refractivity contribution >= 4 is 19.8 Å². The number of nitrogens with zero attached hydrogens (tertiary/aromatic N) is 1. The van der Waals surface area contributed by atoms with Crippen LogP contribution in [0.1, 0.15) is 194 Å². The molecule has 0 aliphatic rings. The molecule has 1 unspecified atom stereocenters. The van der Waals surface area contributed by atoms with E-state index in [1.54, 1.807) is 0 Å². The van der Waals surface area contributed by atoms with Crippen LogP contribution in [0.4, 0.5) is 0 Å². The highest BCUT2D eigenvalue weighted by atomic mass is 31.2. The smallest absolute Gasteiger partial charge is 0.306 e. The molecule has 0 N–H and O–H groups in total. The van der Waals surface area contributed by atoms with Crippen molar-refractivity contribution in [1.29, 1.82) is 0 Å². The van der Waals surface area contributed by atoms with Gasteiger partial charge in [-0.25, -0.2) is 0 Å². The molecule has 9 nitrogen and oxygen atoms in total. The van der Waals surface area contributed by atoms with Crippen molar-refractivity contribution in [3.63, 3.8) is 0 Å². The van der Waals surface area contributed by atoms with Crippen LogP contribution in [0.25, 0.3) is 0 Å². The summed E-state index contributed by atoms with van der Waals surface area (Å²) in [6.45, 7) is 4.15. The van der Waals surface area contributed by atoms with E-state index in [0.717, 1.165) is 64.2 Å². The van der Waals surface area contributed by atoms with Crippen molar-refractivity contribution in [1.82, 2.24) is 0 Å². The largest absolute Gasteiger partial charge is 0.756 e. The van der Waals surface area contributed by atoms with Gasteiger partial charge in [-0.3, -0.25) is 14.2 Å². The van der Waals surface area contributed by atoms with Crippen LogP contribution in [-0.4, -0.2) is 70.0 Å². The Morgan fingerprint density at radius 3 is 1.43 bits per heavy atom. The van der Waals surface area contributed by atoms with E-state index in [-0.39, 0.29) is 26.1 Å². The number of ether oxygens (including phenoxy) is 2. The van der Waals surface area contributed by atoms with Gasteiger partial charge in [-0.05, 0) is 77.0 Å². The maximum Gasteiger partial charge on any atom is 0.306 e. The highest BCUT2D eigenvalue weighted by Gasteiger charge is 2.21. The minimum atomic E-state index is -4.64. The zero-order chi connectivity index (χ0) is 42.8. The van der Waals surface area contributed by atoms with Gasteiger partial charge in [-0.15, -0.1) is 0 Å². The molecule has 0 aromatic heterocycles. The van der Waals surface area contributed by atoms with E-state index in [9.17, 15) is 19.0 Å². The summed E-state index contributed by atoms with van der Waals surface area (Å²) in [7, 11) is 1.14. The zero-order valence-electron chi connectivity index (χ0n) is 38.0. The summed E-state index contributed by atoms with van der Waals surface area (Å²) in [5.74, 6) is -0.877. The number of hydrogen-bond acceptors (Lipinski definition) is 8. The molecule has 0 fully saturated rings. The first-order valence-electron chi connectivity index (χ1n) is 23.3. The van der Waals surface area contributed by atoms with Gasteiger partial charge in [-0.2, -0.15) is 0 Å². The molecule has 0 saturated heterocycles. The minimum Gasteiger partial charge on any atom is -0.756 e. The lowest BCUT2D eigenvalue weighted by molar-refractivity contribution is -0.870. The molecule has 0 amide bonds. The molecule has 2 atom stereocenters. The Morgan fingerprint density at radius 2 is 0.931 bits per heavy atom. The summed E-state index contributed by atoms with van der Waals surface area (Å²) in [4.78, 5) is 37.6. The van der Waals surface area contributed by atoms with Gasteiger partial charge in [0, 0.05) is 12.8 Å². The quantitative estimate of drug-likeness (QED) is 0.0196. The normalized spacial score (nSPS) is 14.0. The van der Waals surface area contributed by atoms with Crippen molar-refractivity contribution in [2.45, 2.75) is 200 Å². The Labute approximate surface area is 356 Å². The summed E-state index contributed by atoms with van der Waals surface area (Å²) in [5, 5.41) is 0. The SMILES string of the molecule is CCCCC/C=C/C/C=C/CCCCCCCCCCCC(=O)OC[C@H](COP(=O)([O-])OCC[N+](C)(C)C)OC(=O)CCCC/C=C/C/C=C/CCCCCCCC. The molecule has 0 spiro atoms. The Hall–Kier alpha value is -2.03. The third-order valence-electron chi connectivity index (χ3n) is 9.82. The van der Waals surface area contributed by atoms with Crippen molar-refractivity contribution in [2.75, 3.05) is 47.5 Å². The molecule has 0 heterocycles. The molecule has 0 aliphatic carbocycles. The number of hydrogen-bond donors (Lipinski definition) is 0. The molecule has 338 valence electrons. The highest BCUT2D eigenvalue weighted by Crippen LogP contribution is 2.38. The number of rotatable bonds is 42. The van der Waals surface area contributed by atoms with Gasteiger partial charge in [-0.1, -0.05) is 152 Å². The van der Waals surface area contributed by atoms with Gasteiger partial charge in [0.05, 0.1) is 27.7 Å². The number of carbonyl (C=O) groups is 2. The first kappa shape index (κ1) is 56.0. The first-order valence-corrected chi connectivity index (χ1v) is 24.8. The lowest BCUT2D eigenvalue weighted by atomic mass is 10.1. The number of likely N-dealkylation sites (N-methyl/N-ethyl adjacent to an activating group) is 1. The molecule has 0 saturated carbocycles. The van der Waals surface area contributed by atoms with E-state index < -0.39 is 32.5 Å². The number of allylic oxidation sites excluding steroid dienone is 8. The average Bonchev–Trinajstić information content (AvgIpc) is 3.17. The van der Waals surface area contributed by atoms with E-state index in [2.05, 4.69) is 62.5 Å². The fourth-order valence-electron chi connectivity index (χ4n) is 6.13. The monoisotopic (exact) mass is 838 g/mol. The maximum atomic E-state index is 12.7. The summed E-state index contributed by atoms with van der Waals surface area (Å²) < 4.78 is 33.9. The third-order valence-corrected chi connectivity index (χ3v) is 10.8. The summed E-state index contributed by atoms with van der Waals surface area (Å²) in [6.07, 6.45) is 47.1. The highest BCUT2D eigenvalue weighted by molar-refractivity contribution is 7.45. The average molecular weight is 838 g/mol. The Bertz CT molecular complexity index is 1130. The van der Waals surface area contributed by atoms with Crippen LogP contribution in [0.3, 0.4) is 0 Å². The first-order chi connectivity index (χ1) is 28.0. The van der Waals surface area contributed by atoms with Gasteiger partial charge in [0.15, 0.2) is 6.10 Å². The molecular weight excluding hydrogens is 750 g/mol. The molecule has 10 heteroatoms. The van der Waals surface area contributed by atoms with Crippen molar-refractivity contribution in [3.8, 4) is 0 Å². The lowest BCUT2D eigenvalue weighted by Gasteiger charge is -2.28. The second-order valence-corrected chi connectivity index (χ2v) is 18.2. The van der Waals surface area contributed by atoms with Crippen LogP contribution in [0.5, 0.6) is 0 Å². The number of phosphoric acid groups is 1.